The fraction of sp³-hybridized carbons (Fsp3) is 0.688. The van der Waals surface area contributed by atoms with Gasteiger partial charge in [0.25, 0.3) is 0 Å². The number of hydrogen-bond donors (Lipinski definition) is 0. The minimum absolute atomic E-state index is 0.172. The van der Waals surface area contributed by atoms with Crippen LogP contribution < -0.4 is 0 Å². The highest BCUT2D eigenvalue weighted by Crippen LogP contribution is 2.08. The van der Waals surface area contributed by atoms with E-state index in [1.165, 1.54) is 39.0 Å². The van der Waals surface area contributed by atoms with Crippen molar-refractivity contribution in [1.82, 2.24) is 0 Å². The second kappa shape index (κ2) is 13.8. The maximum atomic E-state index is 10.5. The van der Waals surface area contributed by atoms with Crippen LogP contribution in [-0.4, -0.2) is 12.6 Å². The lowest BCUT2D eigenvalue weighted by Gasteiger charge is -2.02. The highest BCUT2D eigenvalue weighted by Gasteiger charge is 1.94. The Kier molecular flexibility index (Phi) is 12.9. The highest BCUT2D eigenvalue weighted by atomic mass is 16.5. The smallest absolute Gasteiger partial charge is 0.302 e. The maximum absolute atomic E-state index is 10.5. The van der Waals surface area contributed by atoms with Crippen LogP contribution in [0.15, 0.2) is 12.2 Å². The summed E-state index contributed by atoms with van der Waals surface area (Å²) in [6.07, 6.45) is 13.3. The summed E-state index contributed by atoms with van der Waals surface area (Å²) in [5, 5.41) is 0. The number of carbonyl (C=O) groups excluding carboxylic acids is 1. The maximum Gasteiger partial charge on any atom is 0.302 e. The molecular formula is C16H26O2. The van der Waals surface area contributed by atoms with Crippen LogP contribution >= 0.6 is 0 Å². The van der Waals surface area contributed by atoms with Gasteiger partial charge >= 0.3 is 5.97 Å². The van der Waals surface area contributed by atoms with Gasteiger partial charge in [-0.3, -0.25) is 4.79 Å². The van der Waals surface area contributed by atoms with Crippen molar-refractivity contribution in [2.45, 2.75) is 65.2 Å². The van der Waals surface area contributed by atoms with E-state index in [0.29, 0.717) is 6.61 Å². The molecule has 0 radical (unpaired) electrons. The summed E-state index contributed by atoms with van der Waals surface area (Å²) in [6, 6.07) is 0. The summed E-state index contributed by atoms with van der Waals surface area (Å²) in [5.74, 6) is 5.96. The molecule has 102 valence electrons. The van der Waals surface area contributed by atoms with E-state index in [2.05, 4.69) is 11.8 Å². The number of ether oxygens (including phenoxy) is 1. The Morgan fingerprint density at radius 2 is 1.67 bits per heavy atom. The van der Waals surface area contributed by atoms with Gasteiger partial charge in [0, 0.05) is 13.3 Å². The molecule has 0 amide bonds. The lowest BCUT2D eigenvalue weighted by Crippen LogP contribution is -1.99. The first-order valence-corrected chi connectivity index (χ1v) is 7.00. The molecule has 2 nitrogen and oxygen atoms in total. The quantitative estimate of drug-likeness (QED) is 0.347. The normalized spacial score (nSPS) is 10.1. The third-order valence-corrected chi connectivity index (χ3v) is 2.60. The molecule has 0 rings (SSSR count). The predicted octanol–water partition coefficient (Wildman–Crippen LogP) is 4.25. The number of unbranched alkanes of at least 4 members (excludes halogenated alkanes) is 7. The number of allylic oxidation sites excluding steroid dienone is 2. The molecule has 0 atom stereocenters. The fourth-order valence-electron chi connectivity index (χ4n) is 1.63. The van der Waals surface area contributed by atoms with Crippen molar-refractivity contribution >= 4 is 5.97 Å². The average molecular weight is 250 g/mol. The molecule has 0 saturated heterocycles. The SMILES string of the molecule is C/C=C\C#CCCCCCCCCCOC(C)=O. The summed E-state index contributed by atoms with van der Waals surface area (Å²) in [7, 11) is 0. The molecule has 0 aromatic rings. The standard InChI is InChI=1S/C16H26O2/c1-3-4-5-6-7-8-9-10-11-12-13-14-15-18-16(2)17/h3-4H,7-15H2,1-2H3/b4-3-. The van der Waals surface area contributed by atoms with Gasteiger partial charge < -0.3 is 4.74 Å². The van der Waals surface area contributed by atoms with E-state index >= 15 is 0 Å². The van der Waals surface area contributed by atoms with Gasteiger partial charge in [0.05, 0.1) is 6.61 Å². The topological polar surface area (TPSA) is 26.3 Å². The molecule has 18 heavy (non-hydrogen) atoms. The number of carbonyl (C=O) groups is 1. The lowest BCUT2D eigenvalue weighted by atomic mass is 10.1. The number of rotatable bonds is 9. The molecule has 0 aromatic carbocycles. The molecule has 0 heterocycles. The van der Waals surface area contributed by atoms with Gasteiger partial charge in [-0.25, -0.2) is 0 Å². The first kappa shape index (κ1) is 16.8. The molecule has 0 aliphatic heterocycles. The minimum Gasteiger partial charge on any atom is -0.466 e. The zero-order valence-corrected chi connectivity index (χ0v) is 11.8. The first-order valence-electron chi connectivity index (χ1n) is 7.00. The molecule has 0 saturated carbocycles. The van der Waals surface area contributed by atoms with Gasteiger partial charge in [-0.1, -0.05) is 50.0 Å². The van der Waals surface area contributed by atoms with E-state index in [9.17, 15) is 4.79 Å². The van der Waals surface area contributed by atoms with Crippen LogP contribution in [0, 0.1) is 11.8 Å². The second-order valence-electron chi connectivity index (χ2n) is 4.39. The van der Waals surface area contributed by atoms with Gasteiger partial charge in [0.15, 0.2) is 0 Å². The van der Waals surface area contributed by atoms with Crippen molar-refractivity contribution in [3.8, 4) is 11.8 Å². The van der Waals surface area contributed by atoms with Crippen LogP contribution in [0.1, 0.15) is 65.2 Å². The fourth-order valence-corrected chi connectivity index (χ4v) is 1.63. The monoisotopic (exact) mass is 250 g/mol. The Morgan fingerprint density at radius 3 is 2.28 bits per heavy atom. The van der Waals surface area contributed by atoms with Crippen LogP contribution in [0.25, 0.3) is 0 Å². The van der Waals surface area contributed by atoms with E-state index in [1.807, 2.05) is 19.1 Å². The van der Waals surface area contributed by atoms with Crippen molar-refractivity contribution in [1.29, 1.82) is 0 Å². The highest BCUT2D eigenvalue weighted by molar-refractivity contribution is 5.65. The largest absolute Gasteiger partial charge is 0.466 e. The first-order chi connectivity index (χ1) is 8.77. The zero-order valence-electron chi connectivity index (χ0n) is 11.8. The zero-order chi connectivity index (χ0) is 13.5. The van der Waals surface area contributed by atoms with Gasteiger partial charge in [0.2, 0.25) is 0 Å². The van der Waals surface area contributed by atoms with E-state index in [0.717, 1.165) is 19.3 Å². The predicted molar refractivity (Wildman–Crippen MR) is 76.2 cm³/mol. The number of esters is 1. The van der Waals surface area contributed by atoms with Gasteiger partial charge in [-0.2, -0.15) is 0 Å². The molecule has 2 heteroatoms. The third kappa shape index (κ3) is 14.8. The van der Waals surface area contributed by atoms with E-state index in [1.54, 1.807) is 0 Å². The van der Waals surface area contributed by atoms with Crippen LogP contribution in [-0.2, 0) is 9.53 Å². The third-order valence-electron chi connectivity index (χ3n) is 2.60. The van der Waals surface area contributed by atoms with Crippen molar-refractivity contribution in [2.75, 3.05) is 6.61 Å². The summed E-state index contributed by atoms with van der Waals surface area (Å²) >= 11 is 0. The molecular weight excluding hydrogens is 224 g/mol. The van der Waals surface area contributed by atoms with E-state index in [4.69, 9.17) is 4.74 Å². The molecule has 0 aromatic heterocycles. The average Bonchev–Trinajstić information content (AvgIpc) is 2.34. The van der Waals surface area contributed by atoms with Crippen molar-refractivity contribution in [2.24, 2.45) is 0 Å². The molecule has 0 aliphatic carbocycles. The van der Waals surface area contributed by atoms with Gasteiger partial charge in [-0.15, -0.1) is 0 Å². The molecule has 0 spiro atoms. The van der Waals surface area contributed by atoms with Crippen LogP contribution in [0.5, 0.6) is 0 Å². The van der Waals surface area contributed by atoms with Crippen molar-refractivity contribution < 1.29 is 9.53 Å². The van der Waals surface area contributed by atoms with Gasteiger partial charge in [0.1, 0.15) is 0 Å². The molecule has 0 bridgehead atoms. The Labute approximate surface area is 112 Å². The van der Waals surface area contributed by atoms with Crippen LogP contribution in [0.3, 0.4) is 0 Å². The molecule has 0 N–H and O–H groups in total. The molecule has 0 unspecified atom stereocenters. The Hall–Kier alpha value is -1.23. The second-order valence-corrected chi connectivity index (χ2v) is 4.39. The van der Waals surface area contributed by atoms with Gasteiger partial charge in [-0.05, 0) is 25.8 Å². The molecule has 0 aliphatic rings. The Balaban J connectivity index is 3.08. The lowest BCUT2D eigenvalue weighted by molar-refractivity contribution is -0.141. The Morgan fingerprint density at radius 1 is 1.06 bits per heavy atom. The summed E-state index contributed by atoms with van der Waals surface area (Å²) in [6.45, 7) is 4.02. The van der Waals surface area contributed by atoms with E-state index < -0.39 is 0 Å². The Bertz CT molecular complexity index is 281. The molecule has 0 fully saturated rings. The summed E-state index contributed by atoms with van der Waals surface area (Å²) in [5.41, 5.74) is 0. The summed E-state index contributed by atoms with van der Waals surface area (Å²) < 4.78 is 4.87. The number of hydrogen-bond acceptors (Lipinski definition) is 2. The summed E-state index contributed by atoms with van der Waals surface area (Å²) in [4.78, 5) is 10.5. The van der Waals surface area contributed by atoms with Crippen LogP contribution in [0.4, 0.5) is 0 Å². The van der Waals surface area contributed by atoms with Crippen molar-refractivity contribution in [3.63, 3.8) is 0 Å². The van der Waals surface area contributed by atoms with Crippen molar-refractivity contribution in [3.05, 3.63) is 12.2 Å². The van der Waals surface area contributed by atoms with E-state index in [-0.39, 0.29) is 5.97 Å². The van der Waals surface area contributed by atoms with Crippen LogP contribution in [0.2, 0.25) is 0 Å². The minimum atomic E-state index is -0.172.